The van der Waals surface area contributed by atoms with Gasteiger partial charge in [-0.05, 0) is 50.2 Å². The Balaban J connectivity index is 1.52. The minimum absolute atomic E-state index is 0.135. The number of halogens is 1. The first kappa shape index (κ1) is 20.2. The highest BCUT2D eigenvalue weighted by atomic mass is 35.5. The zero-order chi connectivity index (χ0) is 20.1. The van der Waals surface area contributed by atoms with E-state index in [4.69, 9.17) is 16.3 Å². The van der Waals surface area contributed by atoms with Crippen molar-refractivity contribution >= 4 is 34.8 Å². The number of anilines is 2. The number of ether oxygens (including phenoxy) is 1. The van der Waals surface area contributed by atoms with Crippen LogP contribution >= 0.6 is 11.6 Å². The van der Waals surface area contributed by atoms with Crippen molar-refractivity contribution in [3.8, 4) is 0 Å². The first-order chi connectivity index (χ1) is 13.4. The lowest BCUT2D eigenvalue weighted by Gasteiger charge is -2.36. The SMILES string of the molecule is CC1CN(c2ccc(NC(=O)CNC(=O)c3ccccc3Cl)cc2)CC(C)O1. The first-order valence-electron chi connectivity index (χ1n) is 9.25. The molecule has 148 valence electrons. The number of morpholine rings is 1. The summed E-state index contributed by atoms with van der Waals surface area (Å²) < 4.78 is 5.76. The van der Waals surface area contributed by atoms with E-state index in [0.717, 1.165) is 18.8 Å². The lowest BCUT2D eigenvalue weighted by molar-refractivity contribution is -0.115. The van der Waals surface area contributed by atoms with Gasteiger partial charge < -0.3 is 20.3 Å². The zero-order valence-corrected chi connectivity index (χ0v) is 16.7. The fraction of sp³-hybridized carbons (Fsp3) is 0.333. The van der Waals surface area contributed by atoms with Gasteiger partial charge in [0.1, 0.15) is 0 Å². The van der Waals surface area contributed by atoms with Gasteiger partial charge in [-0.3, -0.25) is 9.59 Å². The number of rotatable bonds is 5. The summed E-state index contributed by atoms with van der Waals surface area (Å²) in [6.07, 6.45) is 0.370. The lowest BCUT2D eigenvalue weighted by Crippen LogP contribution is -2.45. The molecule has 2 N–H and O–H groups in total. The van der Waals surface area contributed by atoms with Gasteiger partial charge >= 0.3 is 0 Å². The summed E-state index contributed by atoms with van der Waals surface area (Å²) in [6, 6.07) is 14.4. The molecule has 2 aromatic carbocycles. The van der Waals surface area contributed by atoms with Crippen LogP contribution in [0.5, 0.6) is 0 Å². The van der Waals surface area contributed by atoms with Gasteiger partial charge in [0.15, 0.2) is 0 Å². The fourth-order valence-electron chi connectivity index (χ4n) is 3.25. The van der Waals surface area contributed by atoms with E-state index in [0.29, 0.717) is 16.3 Å². The van der Waals surface area contributed by atoms with E-state index in [1.807, 2.05) is 24.3 Å². The Bertz CT molecular complexity index is 831. The summed E-state index contributed by atoms with van der Waals surface area (Å²) in [5, 5.41) is 5.71. The molecule has 0 spiro atoms. The average molecular weight is 402 g/mol. The number of nitrogens with zero attached hydrogens (tertiary/aromatic N) is 1. The van der Waals surface area contributed by atoms with E-state index in [9.17, 15) is 9.59 Å². The summed E-state index contributed by atoms with van der Waals surface area (Å²) in [5.41, 5.74) is 2.11. The minimum atomic E-state index is -0.383. The van der Waals surface area contributed by atoms with Crippen LogP contribution in [-0.2, 0) is 9.53 Å². The molecule has 0 saturated carbocycles. The van der Waals surface area contributed by atoms with E-state index in [-0.39, 0.29) is 30.6 Å². The minimum Gasteiger partial charge on any atom is -0.372 e. The Morgan fingerprint density at radius 3 is 2.36 bits per heavy atom. The van der Waals surface area contributed by atoms with Crippen LogP contribution in [0.15, 0.2) is 48.5 Å². The summed E-state index contributed by atoms with van der Waals surface area (Å²) in [6.45, 7) is 5.67. The third kappa shape index (κ3) is 5.24. The molecule has 6 nitrogen and oxygen atoms in total. The second kappa shape index (κ2) is 9.08. The summed E-state index contributed by atoms with van der Waals surface area (Å²) in [7, 11) is 0. The molecule has 1 heterocycles. The summed E-state index contributed by atoms with van der Waals surface area (Å²) in [5.74, 6) is -0.687. The largest absolute Gasteiger partial charge is 0.372 e. The highest BCUT2D eigenvalue weighted by Gasteiger charge is 2.22. The molecule has 1 aliphatic heterocycles. The number of hydrogen-bond donors (Lipinski definition) is 2. The van der Waals surface area contributed by atoms with Gasteiger partial charge in [0, 0.05) is 24.5 Å². The molecule has 3 rings (SSSR count). The molecule has 0 aliphatic carbocycles. The van der Waals surface area contributed by atoms with Crippen LogP contribution < -0.4 is 15.5 Å². The van der Waals surface area contributed by atoms with Crippen molar-refractivity contribution in [2.45, 2.75) is 26.1 Å². The molecule has 7 heteroatoms. The maximum Gasteiger partial charge on any atom is 0.253 e. The Labute approximate surface area is 169 Å². The molecule has 1 aliphatic rings. The second-order valence-electron chi connectivity index (χ2n) is 6.92. The van der Waals surface area contributed by atoms with Crippen LogP contribution in [0.4, 0.5) is 11.4 Å². The molecular weight excluding hydrogens is 378 g/mol. The molecule has 1 saturated heterocycles. The predicted octanol–water partition coefficient (Wildman–Crippen LogP) is 3.32. The van der Waals surface area contributed by atoms with Gasteiger partial charge in [-0.1, -0.05) is 23.7 Å². The molecule has 28 heavy (non-hydrogen) atoms. The topological polar surface area (TPSA) is 70.7 Å². The average Bonchev–Trinajstić information content (AvgIpc) is 2.66. The van der Waals surface area contributed by atoms with Crippen molar-refractivity contribution in [3.63, 3.8) is 0 Å². The van der Waals surface area contributed by atoms with Crippen molar-refractivity contribution in [2.24, 2.45) is 0 Å². The van der Waals surface area contributed by atoms with Crippen LogP contribution in [0.3, 0.4) is 0 Å². The number of amides is 2. The molecule has 1 fully saturated rings. The number of hydrogen-bond acceptors (Lipinski definition) is 4. The van der Waals surface area contributed by atoms with Gasteiger partial charge in [-0.2, -0.15) is 0 Å². The molecule has 2 amide bonds. The molecule has 0 aromatic heterocycles. The van der Waals surface area contributed by atoms with Gasteiger partial charge in [0.2, 0.25) is 5.91 Å². The second-order valence-corrected chi connectivity index (χ2v) is 7.33. The summed E-state index contributed by atoms with van der Waals surface area (Å²) in [4.78, 5) is 26.5. The molecule has 2 aromatic rings. The van der Waals surface area contributed by atoms with E-state index < -0.39 is 0 Å². The van der Waals surface area contributed by atoms with Crippen LogP contribution in [0.2, 0.25) is 5.02 Å². The predicted molar refractivity (Wildman–Crippen MR) is 111 cm³/mol. The Kier molecular flexibility index (Phi) is 6.54. The number of benzene rings is 2. The van der Waals surface area contributed by atoms with Crippen LogP contribution in [-0.4, -0.2) is 43.7 Å². The third-order valence-electron chi connectivity index (χ3n) is 4.46. The van der Waals surface area contributed by atoms with E-state index in [1.165, 1.54) is 0 Å². The van der Waals surface area contributed by atoms with E-state index in [2.05, 4.69) is 29.4 Å². The smallest absolute Gasteiger partial charge is 0.253 e. The standard InChI is InChI=1S/C21H24ClN3O3/c1-14-12-25(13-15(2)28-14)17-9-7-16(8-10-17)24-20(26)11-23-21(27)18-5-3-4-6-19(18)22/h3-10,14-15H,11-13H2,1-2H3,(H,23,27)(H,24,26). The quantitative estimate of drug-likeness (QED) is 0.806. The van der Waals surface area contributed by atoms with E-state index in [1.54, 1.807) is 24.3 Å². The molecule has 0 radical (unpaired) electrons. The fourth-order valence-corrected chi connectivity index (χ4v) is 3.47. The Morgan fingerprint density at radius 1 is 1.07 bits per heavy atom. The van der Waals surface area contributed by atoms with Crippen molar-refractivity contribution in [2.75, 3.05) is 29.9 Å². The third-order valence-corrected chi connectivity index (χ3v) is 4.79. The number of carbonyl (C=O) groups is 2. The molecule has 2 unspecified atom stereocenters. The van der Waals surface area contributed by atoms with Gasteiger partial charge in [-0.15, -0.1) is 0 Å². The monoisotopic (exact) mass is 401 g/mol. The van der Waals surface area contributed by atoms with Gasteiger partial charge in [0.05, 0.1) is 29.3 Å². The highest BCUT2D eigenvalue weighted by Crippen LogP contribution is 2.22. The van der Waals surface area contributed by atoms with Crippen molar-refractivity contribution < 1.29 is 14.3 Å². The molecular formula is C21H24ClN3O3. The zero-order valence-electron chi connectivity index (χ0n) is 15.9. The van der Waals surface area contributed by atoms with Crippen LogP contribution in [0.1, 0.15) is 24.2 Å². The van der Waals surface area contributed by atoms with Crippen LogP contribution in [0.25, 0.3) is 0 Å². The van der Waals surface area contributed by atoms with E-state index >= 15 is 0 Å². The van der Waals surface area contributed by atoms with Crippen LogP contribution in [0, 0.1) is 0 Å². The number of nitrogens with one attached hydrogen (secondary N) is 2. The van der Waals surface area contributed by atoms with Gasteiger partial charge in [0.25, 0.3) is 5.91 Å². The molecule has 0 bridgehead atoms. The normalized spacial score (nSPS) is 19.2. The first-order valence-corrected chi connectivity index (χ1v) is 9.63. The Morgan fingerprint density at radius 2 is 1.71 bits per heavy atom. The summed E-state index contributed by atoms with van der Waals surface area (Å²) >= 11 is 5.99. The Hall–Kier alpha value is -2.57. The van der Waals surface area contributed by atoms with Crippen molar-refractivity contribution in [3.05, 3.63) is 59.1 Å². The van der Waals surface area contributed by atoms with Crippen molar-refractivity contribution in [1.29, 1.82) is 0 Å². The highest BCUT2D eigenvalue weighted by molar-refractivity contribution is 6.33. The maximum atomic E-state index is 12.1. The lowest BCUT2D eigenvalue weighted by atomic mass is 10.2. The van der Waals surface area contributed by atoms with Gasteiger partial charge in [-0.25, -0.2) is 0 Å². The maximum absolute atomic E-state index is 12.1. The van der Waals surface area contributed by atoms with Crippen molar-refractivity contribution in [1.82, 2.24) is 5.32 Å². The number of carbonyl (C=O) groups excluding carboxylic acids is 2. The molecule has 2 atom stereocenters.